The van der Waals surface area contributed by atoms with Crippen LogP contribution in [-0.4, -0.2) is 24.1 Å². The lowest BCUT2D eigenvalue weighted by Crippen LogP contribution is -2.38. The first kappa shape index (κ1) is 17.5. The van der Waals surface area contributed by atoms with E-state index in [1.807, 2.05) is 24.1 Å². The summed E-state index contributed by atoms with van der Waals surface area (Å²) in [6.45, 7) is 21.1. The molecule has 4 nitrogen and oxygen atoms in total. The minimum Gasteiger partial charge on any atom is -0.303 e. The highest BCUT2D eigenvalue weighted by atomic mass is 15.5. The van der Waals surface area contributed by atoms with Gasteiger partial charge in [-0.25, -0.2) is 0 Å². The molecule has 0 spiro atoms. The van der Waals surface area contributed by atoms with E-state index < -0.39 is 0 Å². The third-order valence-corrected chi connectivity index (χ3v) is 5.28. The van der Waals surface area contributed by atoms with Crippen molar-refractivity contribution >= 4 is 0 Å². The van der Waals surface area contributed by atoms with Crippen molar-refractivity contribution < 1.29 is 0 Å². The van der Waals surface area contributed by atoms with Crippen LogP contribution in [0.5, 0.6) is 0 Å². The molecule has 4 heteroatoms. The Morgan fingerprint density at radius 3 is 1.35 bits per heavy atom. The van der Waals surface area contributed by atoms with Crippen molar-refractivity contribution in [2.45, 2.75) is 46.0 Å². The van der Waals surface area contributed by atoms with Crippen LogP contribution < -0.4 is 10.9 Å². The average molecular weight is 316 g/mol. The van der Waals surface area contributed by atoms with E-state index in [1.165, 1.54) is 25.7 Å². The largest absolute Gasteiger partial charge is 0.303 e. The van der Waals surface area contributed by atoms with Crippen LogP contribution in [-0.2, 0) is 0 Å². The molecule has 2 rings (SSSR count). The van der Waals surface area contributed by atoms with Gasteiger partial charge in [-0.1, -0.05) is 40.2 Å². The summed E-state index contributed by atoms with van der Waals surface area (Å²) in [6, 6.07) is 0. The van der Waals surface area contributed by atoms with Gasteiger partial charge in [0.05, 0.1) is 0 Å². The Morgan fingerprint density at radius 2 is 1.09 bits per heavy atom. The zero-order valence-electron chi connectivity index (χ0n) is 15.3. The van der Waals surface area contributed by atoms with Gasteiger partial charge in [0, 0.05) is 54.1 Å². The lowest BCUT2D eigenvalue weighted by Gasteiger charge is -2.31. The molecule has 2 N–H and O–H groups in total. The summed E-state index contributed by atoms with van der Waals surface area (Å²) in [7, 11) is 3.99. The maximum Gasteiger partial charge on any atom is 0.0329 e. The third kappa shape index (κ3) is 4.12. The van der Waals surface area contributed by atoms with Crippen molar-refractivity contribution in [3.63, 3.8) is 0 Å². The molecule has 2 aliphatic carbocycles. The van der Waals surface area contributed by atoms with E-state index in [0.29, 0.717) is 6.42 Å². The molecule has 23 heavy (non-hydrogen) atoms. The minimum atomic E-state index is 0.259. The van der Waals surface area contributed by atoms with Crippen LogP contribution in [0.2, 0.25) is 0 Å². The number of allylic oxidation sites excluding steroid dienone is 2. The standard InChI is InChI=1S/C19H32N4/c1-14(20-22(7)16(3)18(5)9-10-18)13-15(2)21-23(8)17(4)19(6)11-12-19/h20-21H,1-4,9-13H2,5-8H3. The Morgan fingerprint density at radius 1 is 0.783 bits per heavy atom. The molecule has 0 radical (unpaired) electrons. The van der Waals surface area contributed by atoms with Crippen molar-refractivity contribution in [3.05, 3.63) is 49.1 Å². The molecular weight excluding hydrogens is 284 g/mol. The van der Waals surface area contributed by atoms with Crippen LogP contribution in [0.1, 0.15) is 46.0 Å². The van der Waals surface area contributed by atoms with E-state index in [2.05, 4.69) is 51.0 Å². The van der Waals surface area contributed by atoms with E-state index >= 15 is 0 Å². The molecule has 0 aromatic rings. The summed E-state index contributed by atoms with van der Waals surface area (Å²) in [5.74, 6) is 0. The normalized spacial score (nSPS) is 19.3. The molecule has 0 atom stereocenters. The lowest BCUT2D eigenvalue weighted by molar-refractivity contribution is 0.278. The Labute approximate surface area is 141 Å². The van der Waals surface area contributed by atoms with Crippen molar-refractivity contribution in [2.24, 2.45) is 10.8 Å². The van der Waals surface area contributed by atoms with Gasteiger partial charge in [0.2, 0.25) is 0 Å². The summed E-state index contributed by atoms with van der Waals surface area (Å²) in [5, 5.41) is 3.97. The fourth-order valence-corrected chi connectivity index (χ4v) is 2.71. The topological polar surface area (TPSA) is 30.5 Å². The third-order valence-electron chi connectivity index (χ3n) is 5.28. The Kier molecular flexibility index (Phi) is 4.56. The fourth-order valence-electron chi connectivity index (χ4n) is 2.71. The molecule has 128 valence electrons. The maximum absolute atomic E-state index is 4.19. The van der Waals surface area contributed by atoms with Crippen molar-refractivity contribution in [3.8, 4) is 0 Å². The molecule has 0 aliphatic heterocycles. The second kappa shape index (κ2) is 5.99. The SMILES string of the molecule is C=C(CC(=C)NN(C)C(=C)C1(C)CC1)NN(C)C(=C)C1(C)CC1. The summed E-state index contributed by atoms with van der Waals surface area (Å²) in [4.78, 5) is 0. The molecule has 0 bridgehead atoms. The highest BCUT2D eigenvalue weighted by molar-refractivity contribution is 5.18. The molecule has 0 amide bonds. The van der Waals surface area contributed by atoms with E-state index in [0.717, 1.165) is 22.8 Å². The zero-order chi connectivity index (χ0) is 17.4. The van der Waals surface area contributed by atoms with E-state index in [4.69, 9.17) is 0 Å². The summed E-state index contributed by atoms with van der Waals surface area (Å²) in [5.41, 5.74) is 11.1. The van der Waals surface area contributed by atoms with Gasteiger partial charge in [-0.15, -0.1) is 0 Å². The molecular formula is C19H32N4. The first-order valence-corrected chi connectivity index (χ1v) is 8.32. The van der Waals surface area contributed by atoms with Gasteiger partial charge in [0.1, 0.15) is 0 Å². The molecule has 0 aromatic heterocycles. The summed E-state index contributed by atoms with van der Waals surface area (Å²) in [6.07, 6.45) is 5.51. The highest BCUT2D eigenvalue weighted by Crippen LogP contribution is 2.51. The quantitative estimate of drug-likeness (QED) is 0.598. The Bertz CT molecular complexity index is 490. The second-order valence-electron chi connectivity index (χ2n) is 7.74. The maximum atomic E-state index is 4.19. The highest BCUT2D eigenvalue weighted by Gasteiger charge is 2.42. The molecule has 0 unspecified atom stereocenters. The number of hydrogen-bond donors (Lipinski definition) is 2. The van der Waals surface area contributed by atoms with Crippen molar-refractivity contribution in [2.75, 3.05) is 14.1 Å². The van der Waals surface area contributed by atoms with Crippen LogP contribution in [0.4, 0.5) is 0 Å². The Hall–Kier alpha value is -1.84. The fraction of sp³-hybridized carbons (Fsp3) is 0.579. The average Bonchev–Trinajstić information content (AvgIpc) is 3.37. The minimum absolute atomic E-state index is 0.259. The predicted octanol–water partition coefficient (Wildman–Crippen LogP) is 3.90. The van der Waals surface area contributed by atoms with Gasteiger partial charge < -0.3 is 10.9 Å². The first-order valence-electron chi connectivity index (χ1n) is 8.32. The smallest absolute Gasteiger partial charge is 0.0329 e. The van der Waals surface area contributed by atoms with Gasteiger partial charge in [0.25, 0.3) is 0 Å². The molecule has 0 saturated heterocycles. The number of hydrogen-bond acceptors (Lipinski definition) is 4. The van der Waals surface area contributed by atoms with E-state index in [-0.39, 0.29) is 10.8 Å². The van der Waals surface area contributed by atoms with Gasteiger partial charge in [-0.2, -0.15) is 0 Å². The number of nitrogens with one attached hydrogen (secondary N) is 2. The molecule has 0 aromatic carbocycles. The lowest BCUT2D eigenvalue weighted by atomic mass is 10.1. The summed E-state index contributed by atoms with van der Waals surface area (Å²) < 4.78 is 0. The van der Waals surface area contributed by atoms with E-state index in [9.17, 15) is 0 Å². The van der Waals surface area contributed by atoms with Crippen LogP contribution in [0.15, 0.2) is 49.1 Å². The molecule has 2 aliphatic rings. The van der Waals surface area contributed by atoms with E-state index in [1.54, 1.807) is 0 Å². The first-order chi connectivity index (χ1) is 10.6. The molecule has 2 saturated carbocycles. The van der Waals surface area contributed by atoms with Crippen LogP contribution in [0.25, 0.3) is 0 Å². The molecule has 0 heterocycles. The number of rotatable bonds is 10. The van der Waals surface area contributed by atoms with Gasteiger partial charge in [0.15, 0.2) is 0 Å². The van der Waals surface area contributed by atoms with Gasteiger partial charge in [-0.05, 0) is 25.7 Å². The monoisotopic (exact) mass is 316 g/mol. The second-order valence-corrected chi connectivity index (χ2v) is 7.74. The summed E-state index contributed by atoms with van der Waals surface area (Å²) >= 11 is 0. The van der Waals surface area contributed by atoms with Crippen molar-refractivity contribution in [1.82, 2.24) is 20.9 Å². The van der Waals surface area contributed by atoms with Crippen LogP contribution in [0, 0.1) is 10.8 Å². The van der Waals surface area contributed by atoms with Gasteiger partial charge >= 0.3 is 0 Å². The predicted molar refractivity (Wildman–Crippen MR) is 97.7 cm³/mol. The number of hydrazine groups is 2. The Balaban J connectivity index is 1.75. The molecule has 2 fully saturated rings. The van der Waals surface area contributed by atoms with Gasteiger partial charge in [-0.3, -0.25) is 10.0 Å². The van der Waals surface area contributed by atoms with Crippen LogP contribution in [0.3, 0.4) is 0 Å². The number of nitrogens with zero attached hydrogens (tertiary/aromatic N) is 2. The van der Waals surface area contributed by atoms with Crippen molar-refractivity contribution in [1.29, 1.82) is 0 Å². The van der Waals surface area contributed by atoms with Crippen LogP contribution >= 0.6 is 0 Å². The zero-order valence-corrected chi connectivity index (χ0v) is 15.3.